The van der Waals surface area contributed by atoms with Crippen molar-refractivity contribution in [3.63, 3.8) is 0 Å². The third-order valence-corrected chi connectivity index (χ3v) is 5.89. The lowest BCUT2D eigenvalue weighted by Gasteiger charge is -2.20. The molecule has 1 saturated heterocycles. The molecule has 29 heavy (non-hydrogen) atoms. The van der Waals surface area contributed by atoms with Crippen molar-refractivity contribution in [2.45, 2.75) is 45.1 Å². The first-order valence-electron chi connectivity index (χ1n) is 10.5. The van der Waals surface area contributed by atoms with Crippen molar-refractivity contribution in [2.75, 3.05) is 23.7 Å². The normalized spacial score (nSPS) is 19.3. The molecule has 2 amide bonds. The zero-order chi connectivity index (χ0) is 20.2. The summed E-state index contributed by atoms with van der Waals surface area (Å²) in [7, 11) is 0. The maximum atomic E-state index is 12.6. The van der Waals surface area contributed by atoms with Gasteiger partial charge in [-0.1, -0.05) is 30.5 Å². The van der Waals surface area contributed by atoms with Crippen molar-refractivity contribution in [1.29, 1.82) is 0 Å². The number of aromatic nitrogens is 1. The summed E-state index contributed by atoms with van der Waals surface area (Å²) in [6.07, 6.45) is 6.96. The van der Waals surface area contributed by atoms with Crippen LogP contribution in [0.5, 0.6) is 0 Å². The van der Waals surface area contributed by atoms with Gasteiger partial charge in [-0.05, 0) is 50.5 Å². The van der Waals surface area contributed by atoms with Gasteiger partial charge in [0.15, 0.2) is 0 Å². The van der Waals surface area contributed by atoms with E-state index in [-0.39, 0.29) is 17.9 Å². The average molecular weight is 393 g/mol. The molecule has 1 aromatic heterocycles. The summed E-state index contributed by atoms with van der Waals surface area (Å²) in [4.78, 5) is 31.3. The molecule has 4 rings (SSSR count). The maximum Gasteiger partial charge on any atom is 0.257 e. The Balaban J connectivity index is 1.29. The highest BCUT2D eigenvalue weighted by atomic mass is 16.2. The van der Waals surface area contributed by atoms with E-state index in [0.717, 1.165) is 49.4 Å². The summed E-state index contributed by atoms with van der Waals surface area (Å²) in [6.45, 7) is 3.55. The van der Waals surface area contributed by atoms with E-state index in [4.69, 9.17) is 0 Å². The Hall–Kier alpha value is -2.89. The second-order valence-corrected chi connectivity index (χ2v) is 8.15. The molecule has 6 heteroatoms. The van der Waals surface area contributed by atoms with E-state index < -0.39 is 0 Å². The van der Waals surface area contributed by atoms with E-state index in [1.165, 1.54) is 12.8 Å². The van der Waals surface area contributed by atoms with E-state index in [2.05, 4.69) is 15.6 Å². The fourth-order valence-corrected chi connectivity index (χ4v) is 4.17. The number of aryl methyl sites for hydroxylation is 1. The number of nitrogens with zero attached hydrogens (tertiary/aromatic N) is 2. The number of hydrogen-bond acceptors (Lipinski definition) is 4. The Bertz CT molecular complexity index is 857. The second kappa shape index (κ2) is 8.64. The molecule has 2 aromatic rings. The molecule has 1 aliphatic heterocycles. The Morgan fingerprint density at radius 3 is 2.48 bits per heavy atom. The number of hydrogen-bond donors (Lipinski definition) is 2. The van der Waals surface area contributed by atoms with Crippen LogP contribution < -0.4 is 10.6 Å². The minimum atomic E-state index is -0.179. The van der Waals surface area contributed by atoms with Crippen molar-refractivity contribution < 1.29 is 9.59 Å². The van der Waals surface area contributed by atoms with Gasteiger partial charge >= 0.3 is 0 Å². The first kappa shape index (κ1) is 19.4. The summed E-state index contributed by atoms with van der Waals surface area (Å²) in [5.74, 6) is 1.11. The van der Waals surface area contributed by atoms with Crippen molar-refractivity contribution in [1.82, 2.24) is 9.88 Å². The molecule has 1 aromatic carbocycles. The molecule has 1 aliphatic carbocycles. The standard InChI is InChI=1S/C23H28N4O2/c1-16-6-9-19(10-7-16)26-22(28)18-8-11-21(24-14-18)25-20-12-13-27(15-20)23(29)17-4-2-3-5-17/h6-11,14,17,20H,2-5,12-13,15H2,1H3,(H,24,25)(H,26,28). The minimum Gasteiger partial charge on any atom is -0.365 e. The third-order valence-electron chi connectivity index (χ3n) is 5.89. The number of likely N-dealkylation sites (tertiary alicyclic amines) is 1. The predicted octanol–water partition coefficient (Wildman–Crippen LogP) is 3.85. The number of carbonyl (C=O) groups is 2. The van der Waals surface area contributed by atoms with Gasteiger partial charge in [0.25, 0.3) is 5.91 Å². The highest BCUT2D eigenvalue weighted by molar-refractivity contribution is 6.04. The fourth-order valence-electron chi connectivity index (χ4n) is 4.17. The summed E-state index contributed by atoms with van der Waals surface area (Å²) in [5.41, 5.74) is 2.43. The molecule has 1 atom stereocenters. The van der Waals surface area contributed by atoms with Crippen molar-refractivity contribution in [2.24, 2.45) is 5.92 Å². The van der Waals surface area contributed by atoms with Gasteiger partial charge in [0.2, 0.25) is 5.91 Å². The minimum absolute atomic E-state index is 0.179. The molecule has 0 radical (unpaired) electrons. The van der Waals surface area contributed by atoms with Crippen LogP contribution in [-0.4, -0.2) is 40.8 Å². The molecule has 0 spiro atoms. The van der Waals surface area contributed by atoms with Crippen molar-refractivity contribution >= 4 is 23.3 Å². The lowest BCUT2D eigenvalue weighted by Crippen LogP contribution is -2.35. The number of carbonyl (C=O) groups excluding carboxylic acids is 2. The third kappa shape index (κ3) is 4.75. The number of pyridine rings is 1. The number of benzene rings is 1. The Labute approximate surface area is 171 Å². The number of amides is 2. The van der Waals surface area contributed by atoms with Crippen LogP contribution in [0, 0.1) is 12.8 Å². The van der Waals surface area contributed by atoms with E-state index in [9.17, 15) is 9.59 Å². The SMILES string of the molecule is Cc1ccc(NC(=O)c2ccc(NC3CCN(C(=O)C4CCCC4)C3)nc2)cc1. The largest absolute Gasteiger partial charge is 0.365 e. The number of rotatable bonds is 5. The summed E-state index contributed by atoms with van der Waals surface area (Å²) >= 11 is 0. The molecule has 0 bridgehead atoms. The van der Waals surface area contributed by atoms with Crippen LogP contribution in [0.1, 0.15) is 48.0 Å². The topological polar surface area (TPSA) is 74.3 Å². The molecule has 2 heterocycles. The Morgan fingerprint density at radius 1 is 1.03 bits per heavy atom. The van der Waals surface area contributed by atoms with Crippen LogP contribution in [0.4, 0.5) is 11.5 Å². The Kier molecular flexibility index (Phi) is 5.79. The quantitative estimate of drug-likeness (QED) is 0.811. The van der Waals surface area contributed by atoms with Crippen LogP contribution in [0.3, 0.4) is 0 Å². The first-order valence-corrected chi connectivity index (χ1v) is 10.5. The summed E-state index contributed by atoms with van der Waals surface area (Å²) in [6, 6.07) is 11.5. The first-order chi connectivity index (χ1) is 14.1. The molecule has 2 N–H and O–H groups in total. The molecular formula is C23H28N4O2. The zero-order valence-corrected chi connectivity index (χ0v) is 16.9. The highest BCUT2D eigenvalue weighted by Gasteiger charge is 2.32. The van der Waals surface area contributed by atoms with E-state index in [1.54, 1.807) is 12.3 Å². The van der Waals surface area contributed by atoms with Gasteiger partial charge in [-0.15, -0.1) is 0 Å². The highest BCUT2D eigenvalue weighted by Crippen LogP contribution is 2.28. The summed E-state index contributed by atoms with van der Waals surface area (Å²) < 4.78 is 0. The maximum absolute atomic E-state index is 12.6. The molecule has 2 aliphatic rings. The van der Waals surface area contributed by atoms with Gasteiger partial charge in [-0.3, -0.25) is 9.59 Å². The van der Waals surface area contributed by atoms with Gasteiger partial charge in [0.05, 0.1) is 5.56 Å². The molecule has 2 fully saturated rings. The van der Waals surface area contributed by atoms with Gasteiger partial charge in [-0.2, -0.15) is 0 Å². The molecule has 1 unspecified atom stereocenters. The van der Waals surface area contributed by atoms with Gasteiger partial charge in [0.1, 0.15) is 5.82 Å². The monoisotopic (exact) mass is 392 g/mol. The van der Waals surface area contributed by atoms with Crippen molar-refractivity contribution in [3.8, 4) is 0 Å². The average Bonchev–Trinajstić information content (AvgIpc) is 3.42. The lowest BCUT2D eigenvalue weighted by molar-refractivity contribution is -0.134. The van der Waals surface area contributed by atoms with Gasteiger partial charge in [0, 0.05) is 36.9 Å². The van der Waals surface area contributed by atoms with E-state index in [1.807, 2.05) is 42.2 Å². The van der Waals surface area contributed by atoms with Gasteiger partial charge < -0.3 is 15.5 Å². The van der Waals surface area contributed by atoms with Crippen LogP contribution in [0.25, 0.3) is 0 Å². The number of anilines is 2. The molecular weight excluding hydrogens is 364 g/mol. The number of nitrogens with one attached hydrogen (secondary N) is 2. The Morgan fingerprint density at radius 2 is 1.79 bits per heavy atom. The van der Waals surface area contributed by atoms with E-state index in [0.29, 0.717) is 11.5 Å². The molecule has 6 nitrogen and oxygen atoms in total. The fraction of sp³-hybridized carbons (Fsp3) is 0.435. The molecule has 1 saturated carbocycles. The molecule has 152 valence electrons. The van der Waals surface area contributed by atoms with Crippen LogP contribution in [0.15, 0.2) is 42.6 Å². The smallest absolute Gasteiger partial charge is 0.257 e. The summed E-state index contributed by atoms with van der Waals surface area (Å²) in [5, 5.41) is 6.28. The van der Waals surface area contributed by atoms with Crippen molar-refractivity contribution in [3.05, 3.63) is 53.7 Å². The second-order valence-electron chi connectivity index (χ2n) is 8.15. The van der Waals surface area contributed by atoms with Crippen LogP contribution in [0.2, 0.25) is 0 Å². The lowest BCUT2D eigenvalue weighted by atomic mass is 10.1. The zero-order valence-electron chi connectivity index (χ0n) is 16.9. The van der Waals surface area contributed by atoms with Crippen LogP contribution in [-0.2, 0) is 4.79 Å². The van der Waals surface area contributed by atoms with E-state index >= 15 is 0 Å². The predicted molar refractivity (Wildman–Crippen MR) is 114 cm³/mol. The van der Waals surface area contributed by atoms with Crippen LogP contribution >= 0.6 is 0 Å². The van der Waals surface area contributed by atoms with Gasteiger partial charge in [-0.25, -0.2) is 4.98 Å².